The Balaban J connectivity index is 1.97. The van der Waals surface area contributed by atoms with E-state index < -0.39 is 22.3 Å². The SMILES string of the molecule is O=S1C2CCCC1CC(O)(c1cccnc1F)C2. The monoisotopic (exact) mass is 269 g/mol. The van der Waals surface area contributed by atoms with Crippen molar-refractivity contribution >= 4 is 10.8 Å². The zero-order chi connectivity index (χ0) is 12.8. The molecule has 0 aromatic carbocycles. The van der Waals surface area contributed by atoms with Gasteiger partial charge < -0.3 is 5.11 Å². The second-order valence-electron chi connectivity index (χ2n) is 5.29. The van der Waals surface area contributed by atoms with Crippen LogP contribution in [0.1, 0.15) is 37.7 Å². The minimum absolute atomic E-state index is 0.00195. The summed E-state index contributed by atoms with van der Waals surface area (Å²) in [6.07, 6.45) is 4.95. The van der Waals surface area contributed by atoms with Crippen molar-refractivity contribution in [2.45, 2.75) is 48.2 Å². The van der Waals surface area contributed by atoms with E-state index in [2.05, 4.69) is 4.98 Å². The largest absolute Gasteiger partial charge is 0.385 e. The third-order valence-corrected chi connectivity index (χ3v) is 6.22. The zero-order valence-electron chi connectivity index (χ0n) is 10.0. The number of fused-ring (bicyclic) bond motifs is 2. The van der Waals surface area contributed by atoms with Gasteiger partial charge in [0.15, 0.2) is 0 Å². The normalized spacial score (nSPS) is 39.6. The Bertz CT molecular complexity index is 478. The standard InChI is InChI=1S/C13H16FNO2S/c14-12-11(5-2-6-15-12)13(16)7-9-3-1-4-10(8-13)18(9)17/h2,5-6,9-10,16H,1,3-4,7-8H2. The first-order chi connectivity index (χ1) is 8.60. The molecule has 2 aliphatic rings. The first-order valence-electron chi connectivity index (χ1n) is 6.33. The van der Waals surface area contributed by atoms with Crippen LogP contribution in [0.5, 0.6) is 0 Å². The smallest absolute Gasteiger partial charge is 0.218 e. The highest BCUT2D eigenvalue weighted by molar-refractivity contribution is 7.86. The molecule has 2 atom stereocenters. The Hall–Kier alpha value is -0.810. The lowest BCUT2D eigenvalue weighted by Gasteiger charge is -2.43. The molecule has 1 aromatic heterocycles. The fourth-order valence-corrected chi connectivity index (χ4v) is 5.46. The molecule has 3 heterocycles. The summed E-state index contributed by atoms with van der Waals surface area (Å²) in [6.45, 7) is 0. The number of hydrogen-bond donors (Lipinski definition) is 1. The molecule has 2 saturated heterocycles. The van der Waals surface area contributed by atoms with Gasteiger partial charge in [-0.25, -0.2) is 4.98 Å². The van der Waals surface area contributed by atoms with E-state index in [1.807, 2.05) is 0 Å². The maximum absolute atomic E-state index is 13.7. The maximum Gasteiger partial charge on any atom is 0.218 e. The van der Waals surface area contributed by atoms with E-state index in [1.165, 1.54) is 6.20 Å². The molecule has 3 nitrogen and oxygen atoms in total. The van der Waals surface area contributed by atoms with Gasteiger partial charge in [0.1, 0.15) is 0 Å². The zero-order valence-corrected chi connectivity index (χ0v) is 10.8. The minimum atomic E-state index is -1.19. The molecular weight excluding hydrogens is 253 g/mol. The minimum Gasteiger partial charge on any atom is -0.385 e. The molecule has 98 valence electrons. The molecule has 5 heteroatoms. The summed E-state index contributed by atoms with van der Waals surface area (Å²) in [4.78, 5) is 3.61. The molecular formula is C13H16FNO2S. The van der Waals surface area contributed by atoms with Gasteiger partial charge in [0, 0.05) is 33.1 Å². The number of pyridine rings is 1. The van der Waals surface area contributed by atoms with Gasteiger partial charge in [0.05, 0.1) is 5.60 Å². The van der Waals surface area contributed by atoms with Gasteiger partial charge in [-0.1, -0.05) is 12.5 Å². The summed E-state index contributed by atoms with van der Waals surface area (Å²) in [5, 5.41) is 10.7. The van der Waals surface area contributed by atoms with Gasteiger partial charge in [-0.2, -0.15) is 4.39 Å². The van der Waals surface area contributed by atoms with Crippen LogP contribution in [0.2, 0.25) is 0 Å². The van der Waals surface area contributed by atoms with Crippen LogP contribution in [0.3, 0.4) is 0 Å². The summed E-state index contributed by atoms with van der Waals surface area (Å²) < 4.78 is 25.8. The predicted molar refractivity (Wildman–Crippen MR) is 66.9 cm³/mol. The first kappa shape index (κ1) is 12.2. The number of rotatable bonds is 1. The molecule has 2 bridgehead atoms. The van der Waals surface area contributed by atoms with Gasteiger partial charge in [0.2, 0.25) is 5.95 Å². The van der Waals surface area contributed by atoms with Gasteiger partial charge in [0.25, 0.3) is 0 Å². The lowest BCUT2D eigenvalue weighted by Crippen LogP contribution is -2.47. The third kappa shape index (κ3) is 1.89. The molecule has 1 aromatic rings. The lowest BCUT2D eigenvalue weighted by atomic mass is 9.81. The maximum atomic E-state index is 13.7. The topological polar surface area (TPSA) is 50.2 Å². The van der Waals surface area contributed by atoms with Crippen molar-refractivity contribution in [2.24, 2.45) is 0 Å². The number of aliphatic hydroxyl groups is 1. The van der Waals surface area contributed by atoms with E-state index >= 15 is 0 Å². The molecule has 0 amide bonds. The Labute approximate surface area is 108 Å². The van der Waals surface area contributed by atoms with E-state index in [4.69, 9.17) is 0 Å². The van der Waals surface area contributed by atoms with E-state index in [0.29, 0.717) is 12.8 Å². The number of nitrogens with zero attached hydrogens (tertiary/aromatic N) is 1. The number of hydrogen-bond acceptors (Lipinski definition) is 3. The first-order valence-corrected chi connectivity index (χ1v) is 7.60. The molecule has 1 N–H and O–H groups in total. The van der Waals surface area contributed by atoms with Crippen molar-refractivity contribution in [1.29, 1.82) is 0 Å². The second kappa shape index (κ2) is 4.38. The molecule has 2 aliphatic heterocycles. The predicted octanol–water partition coefficient (Wildman–Crippen LogP) is 1.87. The van der Waals surface area contributed by atoms with Gasteiger partial charge in [-0.15, -0.1) is 0 Å². The lowest BCUT2D eigenvalue weighted by molar-refractivity contribution is 0.00269. The van der Waals surface area contributed by atoms with E-state index in [9.17, 15) is 13.7 Å². The molecule has 0 saturated carbocycles. The molecule has 2 unspecified atom stereocenters. The molecule has 0 aliphatic carbocycles. The summed E-state index contributed by atoms with van der Waals surface area (Å²) >= 11 is 0. The fourth-order valence-electron chi connectivity index (χ4n) is 3.24. The van der Waals surface area contributed by atoms with Crippen molar-refractivity contribution in [1.82, 2.24) is 4.98 Å². The Kier molecular flexibility index (Phi) is 2.98. The summed E-state index contributed by atoms with van der Waals surface area (Å²) in [5.74, 6) is -0.606. The quantitative estimate of drug-likeness (QED) is 0.792. The number of aromatic nitrogens is 1. The van der Waals surface area contributed by atoms with Crippen LogP contribution in [-0.4, -0.2) is 24.8 Å². The van der Waals surface area contributed by atoms with E-state index in [1.54, 1.807) is 12.1 Å². The average molecular weight is 269 g/mol. The summed E-state index contributed by atoms with van der Waals surface area (Å²) in [7, 11) is -0.866. The average Bonchev–Trinajstić information content (AvgIpc) is 2.32. The molecule has 3 rings (SSSR count). The second-order valence-corrected chi connectivity index (χ2v) is 7.28. The van der Waals surface area contributed by atoms with Gasteiger partial charge >= 0.3 is 0 Å². The van der Waals surface area contributed by atoms with Crippen LogP contribution in [0.25, 0.3) is 0 Å². The van der Waals surface area contributed by atoms with Crippen LogP contribution < -0.4 is 0 Å². The fraction of sp³-hybridized carbons (Fsp3) is 0.615. The van der Waals surface area contributed by atoms with Crippen molar-refractivity contribution in [3.8, 4) is 0 Å². The van der Waals surface area contributed by atoms with Crippen LogP contribution in [-0.2, 0) is 16.4 Å². The van der Waals surface area contributed by atoms with Crippen molar-refractivity contribution in [3.63, 3.8) is 0 Å². The van der Waals surface area contributed by atoms with Crippen LogP contribution in [0.4, 0.5) is 4.39 Å². The molecule has 0 radical (unpaired) electrons. The van der Waals surface area contributed by atoms with Gasteiger partial charge in [-0.3, -0.25) is 4.21 Å². The Morgan fingerprint density at radius 1 is 1.39 bits per heavy atom. The van der Waals surface area contributed by atoms with Crippen LogP contribution >= 0.6 is 0 Å². The Morgan fingerprint density at radius 2 is 2.06 bits per heavy atom. The molecule has 18 heavy (non-hydrogen) atoms. The van der Waals surface area contributed by atoms with E-state index in [0.717, 1.165) is 19.3 Å². The highest BCUT2D eigenvalue weighted by Crippen LogP contribution is 2.44. The van der Waals surface area contributed by atoms with Crippen LogP contribution in [0.15, 0.2) is 18.3 Å². The Morgan fingerprint density at radius 3 is 2.67 bits per heavy atom. The highest BCUT2D eigenvalue weighted by Gasteiger charge is 2.47. The van der Waals surface area contributed by atoms with Crippen LogP contribution in [0, 0.1) is 5.95 Å². The van der Waals surface area contributed by atoms with E-state index in [-0.39, 0.29) is 16.1 Å². The molecule has 2 fully saturated rings. The van der Waals surface area contributed by atoms with Crippen molar-refractivity contribution in [3.05, 3.63) is 29.8 Å². The van der Waals surface area contributed by atoms with Crippen molar-refractivity contribution < 1.29 is 13.7 Å². The molecule has 0 spiro atoms. The van der Waals surface area contributed by atoms with Crippen molar-refractivity contribution in [2.75, 3.05) is 0 Å². The van der Waals surface area contributed by atoms with Gasteiger partial charge in [-0.05, 0) is 31.7 Å². The third-order valence-electron chi connectivity index (χ3n) is 4.10. The summed E-state index contributed by atoms with van der Waals surface area (Å²) in [6, 6.07) is 3.23. The number of halogens is 1. The highest BCUT2D eigenvalue weighted by atomic mass is 32.2. The summed E-state index contributed by atoms with van der Waals surface area (Å²) in [5.41, 5.74) is -0.930.